The maximum Gasteiger partial charge on any atom is 0.240 e. The number of nitrogens with one attached hydrogen (secondary N) is 1. The fourth-order valence-corrected chi connectivity index (χ4v) is 0.727. The zero-order valence-electron chi connectivity index (χ0n) is 6.61. The number of nitrogens with zero attached hydrogens (tertiary/aromatic N) is 3. The van der Waals surface area contributed by atoms with Crippen LogP contribution in [0.3, 0.4) is 0 Å². The van der Waals surface area contributed by atoms with Gasteiger partial charge in [-0.2, -0.15) is 5.26 Å². The highest BCUT2D eigenvalue weighted by atomic mass is 16.1. The van der Waals surface area contributed by atoms with Gasteiger partial charge in [0.2, 0.25) is 11.9 Å². The minimum absolute atomic E-state index is 0.146. The van der Waals surface area contributed by atoms with Crippen LogP contribution in [-0.4, -0.2) is 15.5 Å². The third-order valence-corrected chi connectivity index (χ3v) is 1.31. The molecule has 12 heavy (non-hydrogen) atoms. The first-order valence-corrected chi connectivity index (χ1v) is 3.38. The van der Waals surface area contributed by atoms with E-state index in [9.17, 15) is 4.79 Å². The predicted molar refractivity (Wildman–Crippen MR) is 42.1 cm³/mol. The van der Waals surface area contributed by atoms with Gasteiger partial charge in [-0.3, -0.25) is 10.1 Å². The van der Waals surface area contributed by atoms with E-state index in [2.05, 4.69) is 10.3 Å². The molecule has 1 aromatic heterocycles. The van der Waals surface area contributed by atoms with Crippen LogP contribution < -0.4 is 5.32 Å². The summed E-state index contributed by atoms with van der Waals surface area (Å²) >= 11 is 0. The van der Waals surface area contributed by atoms with Crippen molar-refractivity contribution in [2.75, 3.05) is 5.32 Å². The number of rotatable bonds is 2. The lowest BCUT2D eigenvalue weighted by Gasteiger charge is -2.00. The van der Waals surface area contributed by atoms with Crippen molar-refractivity contribution in [3.05, 3.63) is 12.4 Å². The Kier molecular flexibility index (Phi) is 2.43. The fraction of sp³-hybridized carbons (Fsp3) is 0.286. The Morgan fingerprint density at radius 3 is 3.17 bits per heavy atom. The molecule has 1 N–H and O–H groups in total. The first-order valence-electron chi connectivity index (χ1n) is 3.38. The summed E-state index contributed by atoms with van der Waals surface area (Å²) in [4.78, 5) is 14.7. The molecule has 1 rings (SSSR count). The van der Waals surface area contributed by atoms with Crippen LogP contribution >= 0.6 is 0 Å². The molecule has 0 atom stereocenters. The first kappa shape index (κ1) is 8.27. The van der Waals surface area contributed by atoms with Crippen molar-refractivity contribution in [1.29, 1.82) is 5.26 Å². The number of aromatic nitrogens is 2. The van der Waals surface area contributed by atoms with Gasteiger partial charge in [0.25, 0.3) is 0 Å². The van der Waals surface area contributed by atoms with Crippen LogP contribution in [0.5, 0.6) is 0 Å². The molecular weight excluding hydrogens is 156 g/mol. The number of imidazole rings is 1. The van der Waals surface area contributed by atoms with Crippen molar-refractivity contribution in [1.82, 2.24) is 9.55 Å². The van der Waals surface area contributed by atoms with Crippen molar-refractivity contribution < 1.29 is 4.79 Å². The van der Waals surface area contributed by atoms with Gasteiger partial charge >= 0.3 is 0 Å². The summed E-state index contributed by atoms with van der Waals surface area (Å²) in [5.74, 6) is 0.113. The van der Waals surface area contributed by atoms with Gasteiger partial charge in [-0.05, 0) is 0 Å². The number of hydrogen-bond acceptors (Lipinski definition) is 3. The first-order chi connectivity index (χ1) is 5.74. The van der Waals surface area contributed by atoms with Crippen LogP contribution in [-0.2, 0) is 11.8 Å². The van der Waals surface area contributed by atoms with Gasteiger partial charge in [0.05, 0.1) is 6.07 Å². The van der Waals surface area contributed by atoms with Crippen molar-refractivity contribution in [2.24, 2.45) is 7.05 Å². The van der Waals surface area contributed by atoms with E-state index >= 15 is 0 Å². The number of amides is 1. The quantitative estimate of drug-likeness (QED) is 0.682. The molecule has 0 spiro atoms. The predicted octanol–water partition coefficient (Wildman–Crippen LogP) is 0.272. The standard InChI is InChI=1S/C7H8N4O/c1-11-5-4-9-7(11)10-6(12)2-3-8/h4-5H,2H2,1H3,(H,9,10,12). The Hall–Kier alpha value is -1.83. The molecule has 1 amide bonds. The number of hydrogen-bond donors (Lipinski definition) is 1. The van der Waals surface area contributed by atoms with E-state index in [1.165, 1.54) is 0 Å². The second-order valence-electron chi connectivity index (χ2n) is 2.24. The third-order valence-electron chi connectivity index (χ3n) is 1.31. The smallest absolute Gasteiger partial charge is 0.240 e. The topological polar surface area (TPSA) is 70.7 Å². The second kappa shape index (κ2) is 3.53. The van der Waals surface area contributed by atoms with Crippen molar-refractivity contribution in [3.63, 3.8) is 0 Å². The highest BCUT2D eigenvalue weighted by Crippen LogP contribution is 2.00. The number of anilines is 1. The van der Waals surface area contributed by atoms with Gasteiger partial charge in [-0.15, -0.1) is 0 Å². The molecule has 5 heteroatoms. The molecule has 0 aliphatic heterocycles. The average molecular weight is 164 g/mol. The van der Waals surface area contributed by atoms with E-state index in [0.717, 1.165) is 0 Å². The molecule has 5 nitrogen and oxygen atoms in total. The molecule has 0 saturated carbocycles. The minimum atomic E-state index is -0.341. The molecule has 0 bridgehead atoms. The second-order valence-corrected chi connectivity index (χ2v) is 2.24. The van der Waals surface area contributed by atoms with Gasteiger partial charge in [0, 0.05) is 19.4 Å². The minimum Gasteiger partial charge on any atom is -0.320 e. The molecule has 0 aromatic carbocycles. The number of carbonyl (C=O) groups excluding carboxylic acids is 1. The van der Waals surface area contributed by atoms with E-state index in [1.807, 2.05) is 0 Å². The fourth-order valence-electron chi connectivity index (χ4n) is 0.727. The maximum absolute atomic E-state index is 10.9. The zero-order valence-corrected chi connectivity index (χ0v) is 6.61. The molecule has 0 saturated heterocycles. The maximum atomic E-state index is 10.9. The third kappa shape index (κ3) is 1.83. The normalized spacial score (nSPS) is 9.00. The van der Waals surface area contributed by atoms with E-state index in [0.29, 0.717) is 5.95 Å². The Balaban J connectivity index is 2.59. The molecule has 62 valence electrons. The largest absolute Gasteiger partial charge is 0.320 e. The Morgan fingerprint density at radius 1 is 1.92 bits per heavy atom. The Morgan fingerprint density at radius 2 is 2.67 bits per heavy atom. The molecule has 1 aromatic rings. The number of aryl methyl sites for hydroxylation is 1. The molecular formula is C7H8N4O. The molecule has 0 fully saturated rings. The summed E-state index contributed by atoms with van der Waals surface area (Å²) < 4.78 is 1.66. The summed E-state index contributed by atoms with van der Waals surface area (Å²) in [6, 6.07) is 1.75. The summed E-state index contributed by atoms with van der Waals surface area (Å²) in [7, 11) is 1.76. The SMILES string of the molecule is Cn1ccnc1NC(=O)CC#N. The number of nitriles is 1. The summed E-state index contributed by atoms with van der Waals surface area (Å²) in [6.45, 7) is 0. The summed E-state index contributed by atoms with van der Waals surface area (Å²) in [5.41, 5.74) is 0. The van der Waals surface area contributed by atoms with Gasteiger partial charge in [0.15, 0.2) is 0 Å². The number of carbonyl (C=O) groups is 1. The molecule has 0 aliphatic rings. The van der Waals surface area contributed by atoms with Gasteiger partial charge in [-0.1, -0.05) is 0 Å². The monoisotopic (exact) mass is 164 g/mol. The van der Waals surface area contributed by atoms with Crippen LogP contribution in [0, 0.1) is 11.3 Å². The highest BCUT2D eigenvalue weighted by molar-refractivity contribution is 5.90. The lowest BCUT2D eigenvalue weighted by Crippen LogP contribution is -2.13. The lowest BCUT2D eigenvalue weighted by atomic mass is 10.4. The van der Waals surface area contributed by atoms with E-state index in [-0.39, 0.29) is 12.3 Å². The van der Waals surface area contributed by atoms with E-state index in [1.54, 1.807) is 30.1 Å². The summed E-state index contributed by atoms with van der Waals surface area (Å²) in [5, 5.41) is 10.7. The van der Waals surface area contributed by atoms with Crippen LogP contribution in [0.15, 0.2) is 12.4 Å². The van der Waals surface area contributed by atoms with Crippen LogP contribution in [0.2, 0.25) is 0 Å². The van der Waals surface area contributed by atoms with Crippen LogP contribution in [0.1, 0.15) is 6.42 Å². The van der Waals surface area contributed by atoms with Gasteiger partial charge in [0.1, 0.15) is 6.42 Å². The molecule has 0 aliphatic carbocycles. The Labute approximate surface area is 69.6 Å². The summed E-state index contributed by atoms with van der Waals surface area (Å²) in [6.07, 6.45) is 3.14. The highest BCUT2D eigenvalue weighted by Gasteiger charge is 2.03. The molecule has 1 heterocycles. The lowest BCUT2D eigenvalue weighted by molar-refractivity contribution is -0.115. The Bertz CT molecular complexity index is 322. The molecule has 0 radical (unpaired) electrons. The van der Waals surface area contributed by atoms with Gasteiger partial charge < -0.3 is 4.57 Å². The van der Waals surface area contributed by atoms with Crippen molar-refractivity contribution >= 4 is 11.9 Å². The average Bonchev–Trinajstić information content (AvgIpc) is 2.37. The van der Waals surface area contributed by atoms with Crippen molar-refractivity contribution in [3.8, 4) is 6.07 Å². The van der Waals surface area contributed by atoms with Crippen LogP contribution in [0.4, 0.5) is 5.95 Å². The van der Waals surface area contributed by atoms with E-state index in [4.69, 9.17) is 5.26 Å². The van der Waals surface area contributed by atoms with Crippen molar-refractivity contribution in [2.45, 2.75) is 6.42 Å². The van der Waals surface area contributed by atoms with Gasteiger partial charge in [-0.25, -0.2) is 4.98 Å². The van der Waals surface area contributed by atoms with Crippen LogP contribution in [0.25, 0.3) is 0 Å². The van der Waals surface area contributed by atoms with E-state index < -0.39 is 0 Å². The zero-order chi connectivity index (χ0) is 8.97. The molecule has 0 unspecified atom stereocenters.